The first-order valence-electron chi connectivity index (χ1n) is 18.3. The summed E-state index contributed by atoms with van der Waals surface area (Å²) < 4.78 is 137. The molecule has 0 aliphatic carbocycles. The zero-order valence-corrected chi connectivity index (χ0v) is 32.8. The third-order valence-electron chi connectivity index (χ3n) is 9.50. The first-order chi connectivity index (χ1) is 27.9. The van der Waals surface area contributed by atoms with Crippen LogP contribution in [0.15, 0.2) is 137 Å². The first kappa shape index (κ1) is 43.3. The van der Waals surface area contributed by atoms with Gasteiger partial charge in [-0.25, -0.2) is 16.8 Å². The Bertz CT molecular complexity index is 2410. The Morgan fingerprint density at radius 3 is 1.61 bits per heavy atom. The Kier molecular flexibility index (Phi) is 13.4. The van der Waals surface area contributed by atoms with Crippen molar-refractivity contribution in [2.45, 2.75) is 53.7 Å². The molecule has 3 N–H and O–H groups in total. The Morgan fingerprint density at radius 2 is 1.12 bits per heavy atom. The van der Waals surface area contributed by atoms with Crippen LogP contribution in [0.25, 0.3) is 0 Å². The highest BCUT2D eigenvalue weighted by Crippen LogP contribution is 2.32. The summed E-state index contributed by atoms with van der Waals surface area (Å²) in [5, 5.41) is 3.24. The number of halogens is 6. The molecule has 0 radical (unpaired) electrons. The van der Waals surface area contributed by atoms with Crippen LogP contribution in [-0.2, 0) is 26.6 Å². The van der Waals surface area contributed by atoms with E-state index in [4.69, 9.17) is 0 Å². The van der Waals surface area contributed by atoms with Gasteiger partial charge in [0.05, 0.1) is 9.79 Å². The average molecular weight is 863 g/mol. The van der Waals surface area contributed by atoms with E-state index in [0.717, 1.165) is 81.0 Å². The number of alkyl halides is 6. The zero-order chi connectivity index (χ0) is 42.3. The lowest BCUT2D eigenvalue weighted by atomic mass is 9.98. The maximum Gasteiger partial charge on any atom is 0.573 e. The summed E-state index contributed by atoms with van der Waals surface area (Å²) in [6.45, 7) is 4.41. The minimum atomic E-state index is -4.90. The average Bonchev–Trinajstić information content (AvgIpc) is 3.88. The lowest BCUT2D eigenvalue weighted by Gasteiger charge is -2.17. The number of likely N-dealkylation sites (tertiary alicyclic amines) is 1. The molecule has 7 rings (SSSR count). The number of rotatable bonds is 12. The van der Waals surface area contributed by atoms with Gasteiger partial charge in [-0.1, -0.05) is 66.7 Å². The number of sulfonamides is 2. The van der Waals surface area contributed by atoms with Gasteiger partial charge in [-0.2, -0.15) is 0 Å². The molecule has 2 atom stereocenters. The van der Waals surface area contributed by atoms with Crippen LogP contribution in [0.5, 0.6) is 11.5 Å². The Morgan fingerprint density at radius 1 is 0.610 bits per heavy atom. The van der Waals surface area contributed by atoms with Crippen LogP contribution in [0, 0.1) is 0 Å². The Hall–Kier alpha value is -5.30. The standard InChI is InChI=1S/C24H23F3N2O3S.C17H17F3N2O3S/c25-24(26,27)32-22-10-5-11-23(15-22)33(30,31)28-21-9-4-8-19(14-21)20-12-13-29(17-20)16-18-6-2-1-3-7-18;18-17(19,20)25-15-5-2-6-16(10-15)26(23,24)22-14-4-1-3-12(9-14)13-7-8-21-11-13/h1-11,14-15,20,28H,12-13,16-17H2;1-6,9-10,13,21-22H,7-8,11H2/t20-;13-/m11/s1. The monoisotopic (exact) mass is 862 g/mol. The summed E-state index contributed by atoms with van der Waals surface area (Å²) in [6.07, 6.45) is -7.87. The molecule has 0 amide bonds. The van der Waals surface area contributed by atoms with E-state index in [1.165, 1.54) is 29.8 Å². The molecule has 5 aromatic rings. The van der Waals surface area contributed by atoms with Crippen LogP contribution in [-0.4, -0.2) is 60.6 Å². The molecular weight excluding hydrogens is 823 g/mol. The lowest BCUT2D eigenvalue weighted by Crippen LogP contribution is -2.19. The van der Waals surface area contributed by atoms with E-state index in [2.05, 4.69) is 41.3 Å². The molecule has 0 aromatic heterocycles. The van der Waals surface area contributed by atoms with E-state index >= 15 is 0 Å². The van der Waals surface area contributed by atoms with Gasteiger partial charge in [0.2, 0.25) is 0 Å². The van der Waals surface area contributed by atoms with Crippen LogP contribution in [0.4, 0.5) is 37.7 Å². The normalized spacial score (nSPS) is 17.5. The number of ether oxygens (including phenoxy) is 2. The molecule has 2 heterocycles. The van der Waals surface area contributed by atoms with E-state index in [1.54, 1.807) is 36.4 Å². The summed E-state index contributed by atoms with van der Waals surface area (Å²) in [4.78, 5) is 1.74. The predicted octanol–water partition coefficient (Wildman–Crippen LogP) is 8.84. The molecule has 0 spiro atoms. The highest BCUT2D eigenvalue weighted by Gasteiger charge is 2.33. The van der Waals surface area contributed by atoms with Gasteiger partial charge in [0.25, 0.3) is 20.0 Å². The number of hydrogen-bond acceptors (Lipinski definition) is 8. The molecule has 0 bridgehead atoms. The minimum absolute atomic E-state index is 0.265. The second kappa shape index (κ2) is 18.3. The van der Waals surface area contributed by atoms with Gasteiger partial charge in [0.15, 0.2) is 0 Å². The van der Waals surface area contributed by atoms with Crippen LogP contribution in [0.3, 0.4) is 0 Å². The summed E-state index contributed by atoms with van der Waals surface area (Å²) in [7, 11) is -8.14. The fourth-order valence-electron chi connectivity index (χ4n) is 6.85. The largest absolute Gasteiger partial charge is 0.573 e. The molecule has 18 heteroatoms. The van der Waals surface area contributed by atoms with E-state index < -0.39 is 44.3 Å². The van der Waals surface area contributed by atoms with Crippen molar-refractivity contribution in [1.29, 1.82) is 0 Å². The number of nitrogens with one attached hydrogen (secondary N) is 3. The van der Waals surface area contributed by atoms with Crippen LogP contribution in [0.2, 0.25) is 0 Å². The Balaban J connectivity index is 0.000000204. The van der Waals surface area contributed by atoms with E-state index in [1.807, 2.05) is 30.3 Å². The molecule has 2 aliphatic rings. The number of anilines is 2. The Labute approximate surface area is 338 Å². The van der Waals surface area contributed by atoms with Gasteiger partial charge in [-0.15, -0.1) is 26.3 Å². The van der Waals surface area contributed by atoms with Crippen molar-refractivity contribution in [3.63, 3.8) is 0 Å². The molecule has 59 heavy (non-hydrogen) atoms. The van der Waals surface area contributed by atoms with E-state index in [0.29, 0.717) is 17.3 Å². The molecular formula is C41H40F6N4O6S2. The fraction of sp³-hybridized carbons (Fsp3) is 0.268. The van der Waals surface area contributed by atoms with Crippen molar-refractivity contribution in [1.82, 2.24) is 10.2 Å². The van der Waals surface area contributed by atoms with Gasteiger partial charge in [-0.05, 0) is 103 Å². The molecule has 314 valence electrons. The maximum atomic E-state index is 12.8. The second-order valence-corrected chi connectivity index (χ2v) is 17.3. The lowest BCUT2D eigenvalue weighted by molar-refractivity contribution is -0.275. The summed E-state index contributed by atoms with van der Waals surface area (Å²) in [6, 6.07) is 32.9. The van der Waals surface area contributed by atoms with Crippen molar-refractivity contribution >= 4 is 31.4 Å². The minimum Gasteiger partial charge on any atom is -0.406 e. The molecule has 0 unspecified atom stereocenters. The number of hydrogen-bond donors (Lipinski definition) is 3. The highest BCUT2D eigenvalue weighted by atomic mass is 32.2. The molecule has 2 fully saturated rings. The van der Waals surface area contributed by atoms with Crippen molar-refractivity contribution in [2.75, 3.05) is 35.6 Å². The maximum absolute atomic E-state index is 12.8. The third kappa shape index (κ3) is 12.8. The van der Waals surface area contributed by atoms with Gasteiger partial charge in [0.1, 0.15) is 11.5 Å². The molecule has 10 nitrogen and oxygen atoms in total. The van der Waals surface area contributed by atoms with E-state index in [9.17, 15) is 43.2 Å². The molecule has 0 saturated carbocycles. The van der Waals surface area contributed by atoms with Crippen molar-refractivity contribution < 1.29 is 52.7 Å². The SMILES string of the molecule is O=S(=O)(Nc1cccc([C@@H]2CCN(Cc3ccccc3)C2)c1)c1cccc(OC(F)(F)F)c1.O=S(=O)(Nc1cccc([C@@H]2CCNC2)c1)c1cccc(OC(F)(F)F)c1. The van der Waals surface area contributed by atoms with Crippen LogP contribution < -0.4 is 24.2 Å². The summed E-state index contributed by atoms with van der Waals surface area (Å²) in [5.74, 6) is -0.612. The van der Waals surface area contributed by atoms with E-state index in [-0.39, 0.29) is 15.7 Å². The van der Waals surface area contributed by atoms with Crippen molar-refractivity contribution in [3.8, 4) is 11.5 Å². The van der Waals surface area contributed by atoms with Crippen LogP contribution >= 0.6 is 0 Å². The van der Waals surface area contributed by atoms with Gasteiger partial charge < -0.3 is 14.8 Å². The summed E-state index contributed by atoms with van der Waals surface area (Å²) in [5.41, 5.74) is 3.98. The predicted molar refractivity (Wildman–Crippen MR) is 210 cm³/mol. The highest BCUT2D eigenvalue weighted by molar-refractivity contribution is 7.93. The topological polar surface area (TPSA) is 126 Å². The van der Waals surface area contributed by atoms with Crippen molar-refractivity contribution in [2.24, 2.45) is 0 Å². The summed E-state index contributed by atoms with van der Waals surface area (Å²) >= 11 is 0. The quantitative estimate of drug-likeness (QED) is 0.106. The smallest absolute Gasteiger partial charge is 0.406 e. The van der Waals surface area contributed by atoms with Gasteiger partial charge >= 0.3 is 12.7 Å². The second-order valence-electron chi connectivity index (χ2n) is 13.9. The molecule has 2 aliphatic heterocycles. The first-order valence-corrected chi connectivity index (χ1v) is 21.3. The van der Waals surface area contributed by atoms with Crippen LogP contribution in [0.1, 0.15) is 41.4 Å². The fourth-order valence-corrected chi connectivity index (χ4v) is 9.01. The zero-order valence-electron chi connectivity index (χ0n) is 31.2. The van der Waals surface area contributed by atoms with Crippen molar-refractivity contribution in [3.05, 3.63) is 144 Å². The molecule has 2 saturated heterocycles. The number of nitrogens with zero attached hydrogens (tertiary/aromatic N) is 1. The van der Waals surface area contributed by atoms with Gasteiger partial charge in [0, 0.05) is 43.1 Å². The third-order valence-corrected chi connectivity index (χ3v) is 12.3. The number of benzene rings is 5. The molecule has 5 aromatic carbocycles. The van der Waals surface area contributed by atoms with Gasteiger partial charge in [-0.3, -0.25) is 14.3 Å².